The molecule has 1 amide bonds. The van der Waals surface area contributed by atoms with E-state index in [0.717, 1.165) is 49.4 Å². The molecule has 2 aromatic carbocycles. The lowest BCUT2D eigenvalue weighted by molar-refractivity contribution is 0.0807. The van der Waals surface area contributed by atoms with Crippen molar-refractivity contribution in [2.45, 2.75) is 45.8 Å². The van der Waals surface area contributed by atoms with Crippen LogP contribution >= 0.6 is 0 Å². The van der Waals surface area contributed by atoms with E-state index in [1.807, 2.05) is 25.1 Å². The topological polar surface area (TPSA) is 69.3 Å². The first-order valence-electron chi connectivity index (χ1n) is 11.0. The number of aryl methyl sites for hydroxylation is 1. The third-order valence-electron chi connectivity index (χ3n) is 5.92. The summed E-state index contributed by atoms with van der Waals surface area (Å²) in [7, 11) is 6.43. The summed E-state index contributed by atoms with van der Waals surface area (Å²) in [5.41, 5.74) is 3.87. The van der Waals surface area contributed by atoms with Gasteiger partial charge in [-0.3, -0.25) is 9.69 Å². The molecule has 3 rings (SSSR count). The summed E-state index contributed by atoms with van der Waals surface area (Å²) in [4.78, 5) is 15.6. The molecular weight excluding hydrogens is 408 g/mol. The lowest BCUT2D eigenvalue weighted by Gasteiger charge is -2.36. The predicted molar refractivity (Wildman–Crippen MR) is 124 cm³/mol. The molecule has 0 spiro atoms. The highest BCUT2D eigenvalue weighted by molar-refractivity contribution is 5.98. The molecule has 0 radical (unpaired) electrons. The number of ether oxygens (including phenoxy) is 4. The molecule has 0 fully saturated rings. The molecule has 1 aliphatic rings. The van der Waals surface area contributed by atoms with Crippen molar-refractivity contribution in [3.8, 4) is 23.0 Å². The SMILES string of the molecule is CCCC(NC(=O)c1cc(C)cc(OC)c1OC)N1CCc2cc(OC)c(OC)cc2C1. The lowest BCUT2D eigenvalue weighted by atomic mass is 9.98. The number of hydrogen-bond donors (Lipinski definition) is 1. The number of carbonyl (C=O) groups excluding carboxylic acids is 1. The van der Waals surface area contributed by atoms with E-state index in [2.05, 4.69) is 23.2 Å². The highest BCUT2D eigenvalue weighted by Gasteiger charge is 2.27. The summed E-state index contributed by atoms with van der Waals surface area (Å²) < 4.78 is 21.9. The van der Waals surface area contributed by atoms with Gasteiger partial charge < -0.3 is 24.3 Å². The van der Waals surface area contributed by atoms with E-state index in [9.17, 15) is 4.79 Å². The number of rotatable bonds is 9. The van der Waals surface area contributed by atoms with Crippen molar-refractivity contribution in [3.05, 3.63) is 46.5 Å². The first-order chi connectivity index (χ1) is 15.4. The molecule has 32 heavy (non-hydrogen) atoms. The number of carbonyl (C=O) groups is 1. The largest absolute Gasteiger partial charge is 0.493 e. The van der Waals surface area contributed by atoms with Gasteiger partial charge in [0, 0.05) is 13.1 Å². The fourth-order valence-electron chi connectivity index (χ4n) is 4.29. The zero-order valence-electron chi connectivity index (χ0n) is 19.9. The molecule has 2 aromatic rings. The highest BCUT2D eigenvalue weighted by atomic mass is 16.5. The smallest absolute Gasteiger partial charge is 0.256 e. The minimum absolute atomic E-state index is 0.0926. The average Bonchev–Trinajstić information content (AvgIpc) is 2.81. The fraction of sp³-hybridized carbons (Fsp3) is 0.480. The summed E-state index contributed by atoms with van der Waals surface area (Å²) in [6.07, 6.45) is 2.59. The summed E-state index contributed by atoms with van der Waals surface area (Å²) in [6.45, 7) is 5.64. The Labute approximate surface area is 190 Å². The maximum Gasteiger partial charge on any atom is 0.256 e. The molecule has 0 bridgehead atoms. The summed E-state index contributed by atoms with van der Waals surface area (Å²) in [6, 6.07) is 7.80. The van der Waals surface area contributed by atoms with Gasteiger partial charge in [-0.15, -0.1) is 0 Å². The number of nitrogens with zero attached hydrogens (tertiary/aromatic N) is 1. The Hall–Kier alpha value is -2.93. The maximum absolute atomic E-state index is 13.3. The van der Waals surface area contributed by atoms with Crippen LogP contribution in [-0.4, -0.2) is 52.0 Å². The molecule has 7 nitrogen and oxygen atoms in total. The molecule has 1 unspecified atom stereocenters. The molecular formula is C25H34N2O5. The highest BCUT2D eigenvalue weighted by Crippen LogP contribution is 2.35. The summed E-state index contributed by atoms with van der Waals surface area (Å²) >= 11 is 0. The van der Waals surface area contributed by atoms with E-state index in [-0.39, 0.29) is 12.1 Å². The van der Waals surface area contributed by atoms with Gasteiger partial charge in [0.25, 0.3) is 5.91 Å². The van der Waals surface area contributed by atoms with Crippen molar-refractivity contribution in [1.29, 1.82) is 0 Å². The number of hydrogen-bond acceptors (Lipinski definition) is 6. The third-order valence-corrected chi connectivity index (χ3v) is 5.92. The molecule has 0 aromatic heterocycles. The first kappa shape index (κ1) is 23.7. The van der Waals surface area contributed by atoms with Gasteiger partial charge >= 0.3 is 0 Å². The van der Waals surface area contributed by atoms with Gasteiger partial charge in [-0.05, 0) is 60.7 Å². The van der Waals surface area contributed by atoms with E-state index in [0.29, 0.717) is 17.1 Å². The molecule has 174 valence electrons. The van der Waals surface area contributed by atoms with Crippen molar-refractivity contribution >= 4 is 5.91 Å². The van der Waals surface area contributed by atoms with Gasteiger partial charge in [0.15, 0.2) is 23.0 Å². The van der Waals surface area contributed by atoms with Crippen molar-refractivity contribution in [1.82, 2.24) is 10.2 Å². The maximum atomic E-state index is 13.3. The molecule has 0 aliphatic carbocycles. The second-order valence-electron chi connectivity index (χ2n) is 8.02. The van der Waals surface area contributed by atoms with Crippen LogP contribution in [0.2, 0.25) is 0 Å². The average molecular weight is 443 g/mol. The second-order valence-corrected chi connectivity index (χ2v) is 8.02. The van der Waals surface area contributed by atoms with Crippen LogP contribution in [0.1, 0.15) is 46.8 Å². The van der Waals surface area contributed by atoms with Crippen molar-refractivity contribution in [2.24, 2.45) is 0 Å². The predicted octanol–water partition coefficient (Wildman–Crippen LogP) is 3.94. The normalized spacial score (nSPS) is 14.3. The van der Waals surface area contributed by atoms with Crippen LogP contribution in [0.3, 0.4) is 0 Å². The van der Waals surface area contributed by atoms with Crippen LogP contribution in [0.4, 0.5) is 0 Å². The lowest BCUT2D eigenvalue weighted by Crippen LogP contribution is -2.49. The van der Waals surface area contributed by atoms with Crippen LogP contribution in [0.5, 0.6) is 23.0 Å². The number of amides is 1. The summed E-state index contributed by atoms with van der Waals surface area (Å²) in [5, 5.41) is 3.23. The molecule has 1 aliphatic heterocycles. The first-order valence-corrected chi connectivity index (χ1v) is 11.0. The fourth-order valence-corrected chi connectivity index (χ4v) is 4.29. The number of nitrogens with one attached hydrogen (secondary N) is 1. The van der Waals surface area contributed by atoms with Crippen LogP contribution < -0.4 is 24.3 Å². The van der Waals surface area contributed by atoms with Gasteiger partial charge in [-0.2, -0.15) is 0 Å². The van der Waals surface area contributed by atoms with E-state index in [1.165, 1.54) is 11.1 Å². The molecule has 7 heteroatoms. The van der Waals surface area contributed by atoms with E-state index in [4.69, 9.17) is 18.9 Å². The Morgan fingerprint density at radius 3 is 2.22 bits per heavy atom. The monoisotopic (exact) mass is 442 g/mol. The standard InChI is InChI=1S/C25H34N2O5/c1-7-8-23(26-25(28)19-11-16(2)12-22(31-5)24(19)32-6)27-10-9-17-13-20(29-3)21(30-4)14-18(17)15-27/h11-14,23H,7-10,15H2,1-6H3,(H,26,28). The third kappa shape index (κ3) is 4.93. The van der Waals surface area contributed by atoms with Crippen LogP contribution in [-0.2, 0) is 13.0 Å². The van der Waals surface area contributed by atoms with Gasteiger partial charge in [0.1, 0.15) is 0 Å². The molecule has 1 heterocycles. The van der Waals surface area contributed by atoms with Crippen LogP contribution in [0.15, 0.2) is 24.3 Å². The Balaban J connectivity index is 1.84. The Bertz CT molecular complexity index is 960. The Kier molecular flexibility index (Phi) is 7.85. The number of methoxy groups -OCH3 is 4. The minimum atomic E-state index is -0.166. The minimum Gasteiger partial charge on any atom is -0.493 e. The van der Waals surface area contributed by atoms with Gasteiger partial charge in [0.05, 0.1) is 40.2 Å². The van der Waals surface area contributed by atoms with E-state index >= 15 is 0 Å². The van der Waals surface area contributed by atoms with E-state index in [1.54, 1.807) is 28.4 Å². The van der Waals surface area contributed by atoms with Crippen molar-refractivity contribution in [3.63, 3.8) is 0 Å². The van der Waals surface area contributed by atoms with Crippen LogP contribution in [0.25, 0.3) is 0 Å². The summed E-state index contributed by atoms with van der Waals surface area (Å²) in [5.74, 6) is 2.31. The van der Waals surface area contributed by atoms with Crippen molar-refractivity contribution in [2.75, 3.05) is 35.0 Å². The zero-order chi connectivity index (χ0) is 23.3. The quantitative estimate of drug-likeness (QED) is 0.634. The number of fused-ring (bicyclic) bond motifs is 1. The van der Waals surface area contributed by atoms with Gasteiger partial charge in [-0.1, -0.05) is 13.3 Å². The molecule has 0 saturated heterocycles. The van der Waals surface area contributed by atoms with E-state index < -0.39 is 0 Å². The molecule has 1 N–H and O–H groups in total. The van der Waals surface area contributed by atoms with Gasteiger partial charge in [-0.25, -0.2) is 0 Å². The number of benzene rings is 2. The second kappa shape index (κ2) is 10.6. The van der Waals surface area contributed by atoms with Crippen molar-refractivity contribution < 1.29 is 23.7 Å². The molecule has 1 atom stereocenters. The van der Waals surface area contributed by atoms with Gasteiger partial charge in [0.2, 0.25) is 0 Å². The molecule has 0 saturated carbocycles. The Morgan fingerprint density at radius 2 is 1.62 bits per heavy atom. The zero-order valence-corrected chi connectivity index (χ0v) is 19.9. The Morgan fingerprint density at radius 1 is 0.969 bits per heavy atom. The van der Waals surface area contributed by atoms with Crippen LogP contribution in [0, 0.1) is 6.92 Å².